The van der Waals surface area contributed by atoms with Gasteiger partial charge in [-0.05, 0) is 42.3 Å². The zero-order chi connectivity index (χ0) is 22.1. The first-order valence-corrected chi connectivity index (χ1v) is 10.5. The zero-order valence-corrected chi connectivity index (χ0v) is 17.7. The summed E-state index contributed by atoms with van der Waals surface area (Å²) in [7, 11) is 1.75. The quantitative estimate of drug-likeness (QED) is 0.483. The van der Waals surface area contributed by atoms with Crippen LogP contribution in [0.4, 0.5) is 0 Å². The van der Waals surface area contributed by atoms with Crippen molar-refractivity contribution in [3.05, 3.63) is 72.2 Å². The highest BCUT2D eigenvalue weighted by Gasteiger charge is 2.35. The molecular formula is C25H22N5O2+. The Kier molecular flexibility index (Phi) is 5.04. The maximum atomic E-state index is 12.6. The van der Waals surface area contributed by atoms with E-state index in [1.54, 1.807) is 18.2 Å². The Morgan fingerprint density at radius 2 is 2.09 bits per heavy atom. The highest BCUT2D eigenvalue weighted by Crippen LogP contribution is 2.41. The van der Waals surface area contributed by atoms with Gasteiger partial charge in [0.25, 0.3) is 5.91 Å². The van der Waals surface area contributed by atoms with Crippen molar-refractivity contribution in [2.75, 3.05) is 7.05 Å². The Morgan fingerprint density at radius 3 is 2.91 bits per heavy atom. The molecule has 0 radical (unpaired) electrons. The van der Waals surface area contributed by atoms with Gasteiger partial charge >= 0.3 is 0 Å². The van der Waals surface area contributed by atoms with Crippen LogP contribution in [0.15, 0.2) is 71.6 Å². The molecule has 0 fully saturated rings. The minimum atomic E-state index is -0.519. The lowest BCUT2D eigenvalue weighted by atomic mass is 9.90. The number of H-pyrrole nitrogens is 1. The first-order valence-electron chi connectivity index (χ1n) is 10.5. The van der Waals surface area contributed by atoms with Crippen molar-refractivity contribution >= 4 is 28.7 Å². The van der Waals surface area contributed by atoms with Gasteiger partial charge in [-0.1, -0.05) is 18.2 Å². The van der Waals surface area contributed by atoms with Crippen LogP contribution in [0, 0.1) is 11.3 Å². The molecule has 7 heteroatoms. The van der Waals surface area contributed by atoms with E-state index in [0.717, 1.165) is 39.9 Å². The summed E-state index contributed by atoms with van der Waals surface area (Å²) in [4.78, 5) is 21.9. The highest BCUT2D eigenvalue weighted by atomic mass is 16.5. The lowest BCUT2D eigenvalue weighted by Gasteiger charge is -2.27. The number of aromatic nitrogens is 2. The van der Waals surface area contributed by atoms with Gasteiger partial charge in [-0.2, -0.15) is 5.26 Å². The van der Waals surface area contributed by atoms with Gasteiger partial charge in [-0.25, -0.2) is 9.55 Å². The minimum Gasteiger partial charge on any atom is -0.452 e. The molecule has 32 heavy (non-hydrogen) atoms. The lowest BCUT2D eigenvalue weighted by molar-refractivity contribution is -0.671. The van der Waals surface area contributed by atoms with Crippen molar-refractivity contribution in [1.82, 2.24) is 9.88 Å². The number of para-hydroxylation sites is 1. The summed E-state index contributed by atoms with van der Waals surface area (Å²) in [6.45, 7) is 0.689. The van der Waals surface area contributed by atoms with Gasteiger partial charge in [0, 0.05) is 37.0 Å². The number of nitrogens with zero attached hydrogens (tertiary/aromatic N) is 4. The third-order valence-corrected chi connectivity index (χ3v) is 5.73. The summed E-state index contributed by atoms with van der Waals surface area (Å²) in [6.07, 6.45) is 8.58. The van der Waals surface area contributed by atoms with Gasteiger partial charge in [0.15, 0.2) is 17.3 Å². The Balaban J connectivity index is 1.69. The van der Waals surface area contributed by atoms with Gasteiger partial charge < -0.3 is 9.64 Å². The minimum absolute atomic E-state index is 0.0476. The number of allylic oxidation sites excluding steroid dienone is 1. The average Bonchev–Trinajstić information content (AvgIpc) is 3.46. The number of aromatic amines is 1. The molecule has 1 N–H and O–H groups in total. The van der Waals surface area contributed by atoms with Crippen molar-refractivity contribution < 1.29 is 14.1 Å². The number of amides is 1. The molecule has 158 valence electrons. The summed E-state index contributed by atoms with van der Waals surface area (Å²) in [6, 6.07) is 15.4. The molecule has 1 amide bonds. The smallest absolute Gasteiger partial charge is 0.255 e. The van der Waals surface area contributed by atoms with Crippen LogP contribution < -0.4 is 9.30 Å². The van der Waals surface area contributed by atoms with E-state index in [2.05, 4.69) is 20.6 Å². The number of hydrogen-bond donors (Lipinski definition) is 1. The summed E-state index contributed by atoms with van der Waals surface area (Å²) in [5.74, 6) is 1.38. The Morgan fingerprint density at radius 1 is 1.25 bits per heavy atom. The Labute approximate surface area is 185 Å². The van der Waals surface area contributed by atoms with E-state index in [9.17, 15) is 4.79 Å². The lowest BCUT2D eigenvalue weighted by Crippen LogP contribution is -2.36. The monoisotopic (exact) mass is 424 g/mol. The van der Waals surface area contributed by atoms with Gasteiger partial charge in [0.05, 0.1) is 12.6 Å². The van der Waals surface area contributed by atoms with Crippen molar-refractivity contribution in [1.29, 1.82) is 5.26 Å². The third kappa shape index (κ3) is 3.36. The number of rotatable bonds is 6. The number of aliphatic imine (C=N–C) groups is 1. The van der Waals surface area contributed by atoms with E-state index in [0.29, 0.717) is 18.7 Å². The molecule has 0 saturated carbocycles. The van der Waals surface area contributed by atoms with Gasteiger partial charge in [0.2, 0.25) is 11.8 Å². The van der Waals surface area contributed by atoms with E-state index in [-0.39, 0.29) is 5.91 Å². The normalized spacial score (nSPS) is 17.2. The number of imidazole rings is 1. The predicted octanol–water partition coefficient (Wildman–Crippen LogP) is 3.74. The second kappa shape index (κ2) is 8.16. The van der Waals surface area contributed by atoms with Crippen molar-refractivity contribution in [3.63, 3.8) is 0 Å². The van der Waals surface area contributed by atoms with Crippen LogP contribution in [-0.2, 0) is 11.3 Å². The molecule has 0 saturated heterocycles. The number of carbonyl (C=O) groups is 1. The Hall–Kier alpha value is -4.18. The molecule has 1 unspecified atom stereocenters. The number of carbonyl (C=O) groups excluding carboxylic acids is 1. The topological polar surface area (TPSA) is 85.4 Å². The molecule has 0 spiro atoms. The zero-order valence-electron chi connectivity index (χ0n) is 17.7. The van der Waals surface area contributed by atoms with Crippen LogP contribution in [-0.4, -0.2) is 35.1 Å². The Bertz CT molecular complexity index is 1330. The number of hydrogen-bond acceptors (Lipinski definition) is 4. The van der Waals surface area contributed by atoms with E-state index in [1.165, 1.54) is 0 Å². The van der Waals surface area contributed by atoms with Crippen molar-refractivity contribution in [2.24, 2.45) is 4.99 Å². The molecule has 2 aliphatic rings. The molecule has 5 rings (SSSR count). The molecular weight excluding hydrogens is 402 g/mol. The van der Waals surface area contributed by atoms with Crippen LogP contribution in [0.1, 0.15) is 18.4 Å². The van der Waals surface area contributed by atoms with Crippen LogP contribution in [0.2, 0.25) is 0 Å². The molecule has 1 aromatic heterocycles. The summed E-state index contributed by atoms with van der Waals surface area (Å²) in [5.41, 5.74) is 4.52. The molecule has 3 heterocycles. The van der Waals surface area contributed by atoms with Crippen LogP contribution in [0.5, 0.6) is 11.5 Å². The maximum absolute atomic E-state index is 12.6. The average molecular weight is 424 g/mol. The first kappa shape index (κ1) is 19.8. The number of unbranched alkanes of at least 4 members (excludes halogenated alkanes) is 1. The first-order chi connectivity index (χ1) is 15.7. The molecule has 7 nitrogen and oxygen atoms in total. The van der Waals surface area contributed by atoms with E-state index in [4.69, 9.17) is 10.00 Å². The number of aryl methyl sites for hydroxylation is 1. The van der Waals surface area contributed by atoms with E-state index < -0.39 is 6.04 Å². The number of fused-ring (bicyclic) bond motifs is 2. The molecule has 0 aliphatic carbocycles. The van der Waals surface area contributed by atoms with Gasteiger partial charge in [0.1, 0.15) is 5.75 Å². The fourth-order valence-electron chi connectivity index (χ4n) is 4.18. The summed E-state index contributed by atoms with van der Waals surface area (Å²) in [5, 5.41) is 8.96. The molecule has 2 aromatic carbocycles. The molecule has 0 bridgehead atoms. The van der Waals surface area contributed by atoms with E-state index >= 15 is 0 Å². The van der Waals surface area contributed by atoms with Gasteiger partial charge in [-0.3, -0.25) is 9.79 Å². The summed E-state index contributed by atoms with van der Waals surface area (Å²) >= 11 is 0. The standard InChI is InChI=1S/C25H21N5O2/c1-29-15-20(18-11-13-27-22(18)25(29)31)19-9-10-21-23(30(16-28-21)14-6-5-12-26)24(19)32-17-7-3-2-4-8-17/h2-4,7-11,13,15-16,22H,5-6,14H2,1H3/p+1. The van der Waals surface area contributed by atoms with Crippen LogP contribution in [0.25, 0.3) is 16.6 Å². The predicted molar refractivity (Wildman–Crippen MR) is 121 cm³/mol. The second-order valence-corrected chi connectivity index (χ2v) is 7.80. The van der Waals surface area contributed by atoms with Crippen molar-refractivity contribution in [3.8, 4) is 17.6 Å². The number of nitrogens with one attached hydrogen (secondary N) is 1. The highest BCUT2D eigenvalue weighted by molar-refractivity contribution is 6.05. The van der Waals surface area contributed by atoms with Gasteiger partial charge in [-0.15, -0.1) is 0 Å². The number of benzene rings is 2. The SMILES string of the molecule is CN1C=C(c2ccc3[nH]c[n+](CCCC#N)c3c2Oc2ccccc2)C2=CC=NC2C1=O. The number of nitriles is 1. The molecule has 1 atom stereocenters. The summed E-state index contributed by atoms with van der Waals surface area (Å²) < 4.78 is 8.56. The van der Waals surface area contributed by atoms with E-state index in [1.807, 2.05) is 61.1 Å². The third-order valence-electron chi connectivity index (χ3n) is 5.73. The molecule has 3 aromatic rings. The fourth-order valence-corrected chi connectivity index (χ4v) is 4.18. The fraction of sp³-hybridized carbons (Fsp3) is 0.200. The second-order valence-electron chi connectivity index (χ2n) is 7.80. The van der Waals surface area contributed by atoms with Crippen LogP contribution >= 0.6 is 0 Å². The maximum Gasteiger partial charge on any atom is 0.255 e. The number of likely N-dealkylation sites (N-methyl/N-ethyl adjacent to an activating group) is 1. The van der Waals surface area contributed by atoms with Crippen LogP contribution in [0.3, 0.4) is 0 Å². The largest absolute Gasteiger partial charge is 0.452 e. The van der Waals surface area contributed by atoms with Crippen molar-refractivity contribution in [2.45, 2.75) is 25.4 Å². The number of ether oxygens (including phenoxy) is 1. The molecule has 2 aliphatic heterocycles.